The summed E-state index contributed by atoms with van der Waals surface area (Å²) in [6.45, 7) is 2.16. The van der Waals surface area contributed by atoms with Gasteiger partial charge in [-0.1, -0.05) is 106 Å². The van der Waals surface area contributed by atoms with Crippen molar-refractivity contribution in [2.24, 2.45) is 0 Å². The molecule has 0 aromatic carbocycles. The van der Waals surface area contributed by atoms with E-state index in [1.807, 2.05) is 0 Å². The van der Waals surface area contributed by atoms with Crippen LogP contribution in [0, 0.1) is 0 Å². The summed E-state index contributed by atoms with van der Waals surface area (Å²) < 4.78 is 0. The maximum Gasteiger partial charge on any atom is 0.303 e. The van der Waals surface area contributed by atoms with Gasteiger partial charge in [0.25, 0.3) is 0 Å². The quantitative estimate of drug-likeness (QED) is 0.164. The van der Waals surface area contributed by atoms with Crippen LogP contribution in [-0.4, -0.2) is 11.1 Å². The molecule has 0 bridgehead atoms. The van der Waals surface area contributed by atoms with E-state index >= 15 is 0 Å². The predicted octanol–water partition coefficient (Wildman–Crippen LogP) is 8.72. The van der Waals surface area contributed by atoms with Crippen LogP contribution in [0.15, 0.2) is 60.8 Å². The lowest BCUT2D eigenvalue weighted by Crippen LogP contribution is -1.93. The number of hydrogen-bond donors (Lipinski definition) is 1. The van der Waals surface area contributed by atoms with Crippen molar-refractivity contribution in [1.29, 1.82) is 0 Å². The number of unbranched alkanes of at least 4 members (excludes halogenated alkanes) is 8. The van der Waals surface area contributed by atoms with Gasteiger partial charge in [0.2, 0.25) is 0 Å². The molecule has 0 heterocycles. The van der Waals surface area contributed by atoms with Gasteiger partial charge in [-0.05, 0) is 51.4 Å². The summed E-state index contributed by atoms with van der Waals surface area (Å²) in [5.74, 6) is -0.667. The molecule has 0 fully saturated rings. The Morgan fingerprint density at radius 3 is 1.38 bits per heavy atom. The first-order chi connectivity index (χ1) is 14.3. The van der Waals surface area contributed by atoms with Crippen LogP contribution in [0.3, 0.4) is 0 Å². The molecule has 0 aliphatic carbocycles. The van der Waals surface area contributed by atoms with Crippen LogP contribution in [0.4, 0.5) is 0 Å². The number of carboxylic acid groups (broad SMARTS) is 1. The number of hydrogen-bond acceptors (Lipinski definition) is 1. The molecule has 0 aliphatic rings. The fourth-order valence-corrected chi connectivity index (χ4v) is 2.97. The summed E-state index contributed by atoms with van der Waals surface area (Å²) in [7, 11) is 0. The summed E-state index contributed by atoms with van der Waals surface area (Å²) in [4.78, 5) is 10.4. The van der Waals surface area contributed by atoms with Crippen molar-refractivity contribution < 1.29 is 9.90 Å². The van der Waals surface area contributed by atoms with Crippen molar-refractivity contribution >= 4 is 5.97 Å². The molecule has 2 heteroatoms. The van der Waals surface area contributed by atoms with E-state index in [4.69, 9.17) is 5.11 Å². The van der Waals surface area contributed by atoms with Crippen molar-refractivity contribution in [2.75, 3.05) is 0 Å². The molecule has 2 nitrogen and oxygen atoms in total. The summed E-state index contributed by atoms with van der Waals surface area (Å²) in [5.41, 5.74) is 0. The van der Waals surface area contributed by atoms with Crippen LogP contribution in [0.1, 0.15) is 103 Å². The van der Waals surface area contributed by atoms with Crippen LogP contribution in [0.25, 0.3) is 0 Å². The third-order valence-electron chi connectivity index (χ3n) is 4.67. The van der Waals surface area contributed by atoms with E-state index in [9.17, 15) is 4.79 Å². The fourth-order valence-electron chi connectivity index (χ4n) is 2.97. The number of allylic oxidation sites excluding steroid dienone is 10. The predicted molar refractivity (Wildman–Crippen MR) is 128 cm³/mol. The second-order valence-electron chi connectivity index (χ2n) is 7.47. The van der Waals surface area contributed by atoms with E-state index in [1.165, 1.54) is 44.9 Å². The van der Waals surface area contributed by atoms with Gasteiger partial charge in [-0.3, -0.25) is 4.79 Å². The van der Waals surface area contributed by atoms with E-state index in [0.29, 0.717) is 6.42 Å². The average molecular weight is 401 g/mol. The normalized spacial score (nSPS) is 12.6. The molecular formula is C27H44O2. The van der Waals surface area contributed by atoms with Gasteiger partial charge in [0, 0.05) is 6.42 Å². The van der Waals surface area contributed by atoms with Crippen molar-refractivity contribution in [3.05, 3.63) is 60.8 Å². The van der Waals surface area contributed by atoms with Gasteiger partial charge in [-0.15, -0.1) is 0 Å². The van der Waals surface area contributed by atoms with Crippen LogP contribution >= 0.6 is 0 Å². The Bertz CT molecular complexity index is 495. The second kappa shape index (κ2) is 24.2. The maximum absolute atomic E-state index is 10.4. The molecule has 0 unspecified atom stereocenters. The summed E-state index contributed by atoms with van der Waals surface area (Å²) in [5, 5.41) is 8.58. The van der Waals surface area contributed by atoms with Gasteiger partial charge in [0.15, 0.2) is 0 Å². The van der Waals surface area contributed by atoms with Gasteiger partial charge in [-0.2, -0.15) is 0 Å². The summed E-state index contributed by atoms with van der Waals surface area (Å²) in [6.07, 6.45) is 38.7. The third kappa shape index (κ3) is 26.2. The molecular weight excluding hydrogens is 356 g/mol. The topological polar surface area (TPSA) is 37.3 Å². The number of carbonyl (C=O) groups is 1. The molecule has 0 amide bonds. The minimum Gasteiger partial charge on any atom is -0.481 e. The SMILES string of the molecule is CC/C=C\C/C=C\C/C=C\C/C=C\C/C=C\CCCCCCCCCCC(=O)O. The molecule has 0 atom stereocenters. The van der Waals surface area contributed by atoms with Crippen LogP contribution in [0.5, 0.6) is 0 Å². The van der Waals surface area contributed by atoms with Gasteiger partial charge in [0.1, 0.15) is 0 Å². The molecule has 0 aromatic rings. The van der Waals surface area contributed by atoms with E-state index < -0.39 is 5.97 Å². The molecule has 0 spiro atoms. The zero-order valence-electron chi connectivity index (χ0n) is 18.7. The largest absolute Gasteiger partial charge is 0.481 e. The summed E-state index contributed by atoms with van der Waals surface area (Å²) in [6, 6.07) is 0. The smallest absolute Gasteiger partial charge is 0.303 e. The highest BCUT2D eigenvalue weighted by Gasteiger charge is 1.96. The molecule has 1 N–H and O–H groups in total. The van der Waals surface area contributed by atoms with Crippen molar-refractivity contribution in [3.63, 3.8) is 0 Å². The lowest BCUT2D eigenvalue weighted by molar-refractivity contribution is -0.137. The monoisotopic (exact) mass is 400 g/mol. The van der Waals surface area contributed by atoms with Crippen molar-refractivity contribution in [3.8, 4) is 0 Å². The minimum atomic E-state index is -0.667. The van der Waals surface area contributed by atoms with Crippen LogP contribution in [-0.2, 0) is 4.79 Å². The van der Waals surface area contributed by atoms with Gasteiger partial charge >= 0.3 is 5.97 Å². The summed E-state index contributed by atoms with van der Waals surface area (Å²) >= 11 is 0. The average Bonchev–Trinajstić information content (AvgIpc) is 2.71. The first kappa shape index (κ1) is 27.2. The number of carboxylic acids is 1. The molecule has 29 heavy (non-hydrogen) atoms. The Kier molecular flexibility index (Phi) is 22.7. The van der Waals surface area contributed by atoms with Crippen LogP contribution < -0.4 is 0 Å². The van der Waals surface area contributed by atoms with E-state index in [2.05, 4.69) is 67.7 Å². The minimum absolute atomic E-state index is 0.327. The molecule has 0 aromatic heterocycles. The molecule has 0 saturated carbocycles. The third-order valence-corrected chi connectivity index (χ3v) is 4.67. The molecule has 0 aliphatic heterocycles. The Morgan fingerprint density at radius 1 is 0.552 bits per heavy atom. The Morgan fingerprint density at radius 2 is 0.931 bits per heavy atom. The van der Waals surface area contributed by atoms with Crippen molar-refractivity contribution in [1.82, 2.24) is 0 Å². The van der Waals surface area contributed by atoms with E-state index in [1.54, 1.807) is 0 Å². The van der Waals surface area contributed by atoms with Crippen LogP contribution in [0.2, 0.25) is 0 Å². The molecule has 0 radical (unpaired) electrons. The number of aliphatic carboxylic acids is 1. The molecule has 0 rings (SSSR count). The zero-order chi connectivity index (χ0) is 21.3. The standard InChI is InChI=1S/C27H44O2/c1-2-3-4-5-6-7-8-9-10-11-12-13-14-15-16-17-18-19-20-21-22-23-24-25-26-27(28)29/h3-4,6-7,9-10,12-13,15-16H,2,5,8,11,14,17-26H2,1H3,(H,28,29)/b4-3-,7-6-,10-9-,13-12-,16-15-. The van der Waals surface area contributed by atoms with Gasteiger partial charge in [-0.25, -0.2) is 0 Å². The first-order valence-electron chi connectivity index (χ1n) is 11.7. The van der Waals surface area contributed by atoms with E-state index in [0.717, 1.165) is 44.9 Å². The Balaban J connectivity index is 3.33. The highest BCUT2D eigenvalue weighted by Crippen LogP contribution is 2.11. The Labute approximate surface area is 180 Å². The maximum atomic E-state index is 10.4. The zero-order valence-corrected chi connectivity index (χ0v) is 18.7. The lowest BCUT2D eigenvalue weighted by atomic mass is 10.1. The fraction of sp³-hybridized carbons (Fsp3) is 0.593. The first-order valence-corrected chi connectivity index (χ1v) is 11.7. The molecule has 164 valence electrons. The van der Waals surface area contributed by atoms with Crippen molar-refractivity contribution in [2.45, 2.75) is 103 Å². The second-order valence-corrected chi connectivity index (χ2v) is 7.47. The lowest BCUT2D eigenvalue weighted by Gasteiger charge is -2.00. The highest BCUT2D eigenvalue weighted by molar-refractivity contribution is 5.66. The van der Waals surface area contributed by atoms with Gasteiger partial charge < -0.3 is 5.11 Å². The Hall–Kier alpha value is -1.83. The molecule has 0 saturated heterocycles. The van der Waals surface area contributed by atoms with Gasteiger partial charge in [0.05, 0.1) is 0 Å². The van der Waals surface area contributed by atoms with E-state index in [-0.39, 0.29) is 0 Å². The number of rotatable bonds is 20. The highest BCUT2D eigenvalue weighted by atomic mass is 16.4.